The normalized spacial score (nSPS) is 53.1. The Morgan fingerprint density at radius 1 is 1.46 bits per heavy atom. The number of aliphatic hydroxyl groups is 1. The third-order valence-electron chi connectivity index (χ3n) is 8.54. The number of carboxylic acids is 1. The van der Waals surface area contributed by atoms with Gasteiger partial charge in [-0.1, -0.05) is 12.7 Å². The summed E-state index contributed by atoms with van der Waals surface area (Å²) < 4.78 is 17.1. The average Bonchev–Trinajstić information content (AvgIpc) is 3.08. The molecule has 1 spiro atoms. The first-order chi connectivity index (χ1) is 13.2. The van der Waals surface area contributed by atoms with E-state index in [9.17, 15) is 19.8 Å². The third-order valence-corrected chi connectivity index (χ3v) is 8.54. The van der Waals surface area contributed by atoms with Gasteiger partial charge in [0.05, 0.1) is 17.6 Å². The Morgan fingerprint density at radius 3 is 2.89 bits per heavy atom. The highest BCUT2D eigenvalue weighted by atomic mass is 16.7. The Balaban J connectivity index is 1.68. The minimum absolute atomic E-state index is 0.122. The van der Waals surface area contributed by atoms with Crippen molar-refractivity contribution in [3.05, 3.63) is 24.3 Å². The molecule has 8 atom stereocenters. The molecule has 4 bridgehead atoms. The molecule has 2 N–H and O–H groups in total. The van der Waals surface area contributed by atoms with Gasteiger partial charge in [0.25, 0.3) is 0 Å². The molecule has 0 radical (unpaired) electrons. The second kappa shape index (κ2) is 5.26. The zero-order valence-electron chi connectivity index (χ0n) is 16.1. The van der Waals surface area contributed by atoms with Crippen molar-refractivity contribution in [3.8, 4) is 0 Å². The molecule has 4 aliphatic carbocycles. The summed E-state index contributed by atoms with van der Waals surface area (Å²) >= 11 is 0. The molecule has 5 aliphatic rings. The summed E-state index contributed by atoms with van der Waals surface area (Å²) in [4.78, 5) is 25.5. The fourth-order valence-corrected chi connectivity index (χ4v) is 7.51. The second-order valence-electron chi connectivity index (χ2n) is 9.45. The van der Waals surface area contributed by atoms with Crippen molar-refractivity contribution >= 4 is 11.9 Å². The van der Waals surface area contributed by atoms with Gasteiger partial charge < -0.3 is 24.4 Å². The second-order valence-corrected chi connectivity index (χ2v) is 9.45. The van der Waals surface area contributed by atoms with Crippen LogP contribution in [0.4, 0.5) is 0 Å². The molecule has 0 unspecified atom stereocenters. The number of hydrogen-bond acceptors (Lipinski definition) is 6. The number of carboxylic acid groups (broad SMARTS) is 1. The van der Waals surface area contributed by atoms with Crippen LogP contribution in [0.3, 0.4) is 0 Å². The lowest BCUT2D eigenvalue weighted by molar-refractivity contribution is -0.169. The van der Waals surface area contributed by atoms with Crippen LogP contribution in [0, 0.1) is 28.6 Å². The minimum atomic E-state index is -1.26. The number of carbonyl (C=O) groups is 2. The maximum absolute atomic E-state index is 12.8. The molecule has 28 heavy (non-hydrogen) atoms. The lowest BCUT2D eigenvalue weighted by Crippen LogP contribution is -2.50. The number of methoxy groups -OCH3 is 1. The van der Waals surface area contributed by atoms with Crippen LogP contribution in [0.1, 0.15) is 32.6 Å². The number of ether oxygens (including phenoxy) is 3. The molecule has 1 aliphatic heterocycles. The summed E-state index contributed by atoms with van der Waals surface area (Å²) in [6, 6.07) is 0. The van der Waals surface area contributed by atoms with E-state index in [1.165, 1.54) is 0 Å². The summed E-state index contributed by atoms with van der Waals surface area (Å²) in [5.41, 5.74) is -2.56. The molecule has 1 saturated heterocycles. The number of carbonyl (C=O) groups excluding carboxylic acids is 1. The maximum atomic E-state index is 12.8. The molecule has 0 aromatic rings. The van der Waals surface area contributed by atoms with Crippen LogP contribution in [0.15, 0.2) is 24.3 Å². The predicted molar refractivity (Wildman–Crippen MR) is 95.9 cm³/mol. The molecule has 4 fully saturated rings. The van der Waals surface area contributed by atoms with Crippen LogP contribution in [-0.4, -0.2) is 53.4 Å². The fourth-order valence-electron chi connectivity index (χ4n) is 7.51. The number of fused-ring (bicyclic) bond motifs is 1. The van der Waals surface area contributed by atoms with Crippen molar-refractivity contribution in [1.82, 2.24) is 0 Å². The summed E-state index contributed by atoms with van der Waals surface area (Å²) in [7, 11) is 1.56. The van der Waals surface area contributed by atoms with Crippen LogP contribution in [0.5, 0.6) is 0 Å². The van der Waals surface area contributed by atoms with E-state index >= 15 is 0 Å². The summed E-state index contributed by atoms with van der Waals surface area (Å²) in [6.07, 6.45) is 4.74. The summed E-state index contributed by atoms with van der Waals surface area (Å²) in [5.74, 6) is -3.02. The number of hydrogen-bond donors (Lipinski definition) is 2. The van der Waals surface area contributed by atoms with E-state index in [-0.39, 0.29) is 12.7 Å². The van der Waals surface area contributed by atoms with Gasteiger partial charge in [0.1, 0.15) is 17.8 Å². The first-order valence-corrected chi connectivity index (χ1v) is 9.83. The number of esters is 1. The molecular formula is C21H26O7. The Kier molecular flexibility index (Phi) is 3.44. The van der Waals surface area contributed by atoms with Gasteiger partial charge in [0, 0.05) is 18.9 Å². The van der Waals surface area contributed by atoms with E-state index in [4.69, 9.17) is 14.2 Å². The van der Waals surface area contributed by atoms with Crippen molar-refractivity contribution < 1.29 is 34.0 Å². The summed E-state index contributed by atoms with van der Waals surface area (Å²) in [6.45, 7) is 6.02. The molecule has 7 heteroatoms. The molecular weight excluding hydrogens is 364 g/mol. The highest BCUT2D eigenvalue weighted by Crippen LogP contribution is 2.77. The first kappa shape index (κ1) is 18.3. The van der Waals surface area contributed by atoms with Crippen molar-refractivity contribution in [2.75, 3.05) is 13.9 Å². The smallest absolute Gasteiger partial charge is 0.316 e. The van der Waals surface area contributed by atoms with Gasteiger partial charge in [-0.2, -0.15) is 0 Å². The molecule has 152 valence electrons. The number of aliphatic carboxylic acids is 1. The molecule has 0 amide bonds. The minimum Gasteiger partial charge on any atom is -0.481 e. The zero-order valence-corrected chi connectivity index (χ0v) is 16.1. The van der Waals surface area contributed by atoms with Gasteiger partial charge in [-0.3, -0.25) is 9.59 Å². The summed E-state index contributed by atoms with van der Waals surface area (Å²) in [5, 5.41) is 21.0. The van der Waals surface area contributed by atoms with E-state index in [1.54, 1.807) is 26.2 Å². The Hall–Kier alpha value is -1.70. The standard InChI is InChI=1S/C21H26O7/c1-11-8-19-9-20(11,27-10-26-3)6-4-12(19)21-7-5-13(22)18(2,17(25)28-21)15(21)14(19)16(23)24/h5,7,12-15,22H,1,4,6,8-10H2,2-3H3,(H,23,24)/t12-,13+,14-,15-,18-,19+,20+,21-/m1/s1. The molecule has 5 rings (SSSR count). The van der Waals surface area contributed by atoms with Crippen LogP contribution < -0.4 is 0 Å². The molecule has 0 aromatic heterocycles. The van der Waals surface area contributed by atoms with Crippen molar-refractivity contribution in [3.63, 3.8) is 0 Å². The molecule has 0 aromatic carbocycles. The van der Waals surface area contributed by atoms with E-state index in [1.807, 2.05) is 0 Å². The molecule has 1 heterocycles. The highest BCUT2D eigenvalue weighted by molar-refractivity contribution is 5.86. The monoisotopic (exact) mass is 390 g/mol. The quantitative estimate of drug-likeness (QED) is 0.427. The van der Waals surface area contributed by atoms with Gasteiger partial charge in [0.15, 0.2) is 0 Å². The van der Waals surface area contributed by atoms with Crippen molar-refractivity contribution in [1.29, 1.82) is 0 Å². The van der Waals surface area contributed by atoms with Gasteiger partial charge >= 0.3 is 11.9 Å². The van der Waals surface area contributed by atoms with E-state index < -0.39 is 51.9 Å². The van der Waals surface area contributed by atoms with Crippen LogP contribution in [-0.2, 0) is 23.8 Å². The largest absolute Gasteiger partial charge is 0.481 e. The Bertz CT molecular complexity index is 820. The predicted octanol–water partition coefficient (Wildman–Crippen LogP) is 1.66. The first-order valence-electron chi connectivity index (χ1n) is 9.83. The fraction of sp³-hybridized carbons (Fsp3) is 0.714. The topological polar surface area (TPSA) is 102 Å². The van der Waals surface area contributed by atoms with Gasteiger partial charge in [0.2, 0.25) is 0 Å². The van der Waals surface area contributed by atoms with Gasteiger partial charge in [-0.25, -0.2) is 0 Å². The zero-order chi connectivity index (χ0) is 20.1. The maximum Gasteiger partial charge on any atom is 0.316 e. The lowest BCUT2D eigenvalue weighted by Gasteiger charge is -2.45. The number of aliphatic hydroxyl groups excluding tert-OH is 1. The van der Waals surface area contributed by atoms with Gasteiger partial charge in [-0.15, -0.1) is 0 Å². The highest BCUT2D eigenvalue weighted by Gasteiger charge is 2.83. The van der Waals surface area contributed by atoms with Crippen molar-refractivity contribution in [2.24, 2.45) is 28.6 Å². The lowest BCUT2D eigenvalue weighted by atomic mass is 9.61. The van der Waals surface area contributed by atoms with Crippen LogP contribution in [0.2, 0.25) is 0 Å². The van der Waals surface area contributed by atoms with E-state index in [2.05, 4.69) is 6.58 Å². The Morgan fingerprint density at radius 2 is 2.21 bits per heavy atom. The SMILES string of the molecule is C=C1C[C@]23C[C@@]1(OCOC)CC[C@H]2[C@@]12C=C[C@H](O)[C@@](C)(C(=O)O1)[C@H]2[C@@H]3C(=O)O. The van der Waals surface area contributed by atoms with Crippen LogP contribution >= 0.6 is 0 Å². The van der Waals surface area contributed by atoms with E-state index in [0.29, 0.717) is 25.7 Å². The Labute approximate surface area is 163 Å². The molecule has 3 saturated carbocycles. The van der Waals surface area contributed by atoms with E-state index in [0.717, 1.165) is 5.57 Å². The third kappa shape index (κ3) is 1.73. The number of rotatable bonds is 4. The average molecular weight is 390 g/mol. The van der Waals surface area contributed by atoms with Gasteiger partial charge in [-0.05, 0) is 49.7 Å². The molecule has 7 nitrogen and oxygen atoms in total. The van der Waals surface area contributed by atoms with Crippen LogP contribution in [0.25, 0.3) is 0 Å². The van der Waals surface area contributed by atoms with Crippen molar-refractivity contribution in [2.45, 2.75) is 49.9 Å².